The number of carbonyl (C=O) groups excluding carboxylic acids is 1. The van der Waals surface area contributed by atoms with Crippen LogP contribution in [0.1, 0.15) is 143 Å². The van der Waals surface area contributed by atoms with E-state index in [1.54, 1.807) is 0 Å². The van der Waals surface area contributed by atoms with Crippen molar-refractivity contribution >= 4 is 5.97 Å². The molecule has 0 aromatic rings. The number of hydrogen-bond acceptors (Lipinski definition) is 2. The number of esters is 1. The van der Waals surface area contributed by atoms with Gasteiger partial charge in [-0.15, -0.1) is 0 Å². The van der Waals surface area contributed by atoms with Gasteiger partial charge in [0.05, 0.1) is 6.61 Å². The first-order chi connectivity index (χ1) is 13.5. The third kappa shape index (κ3) is 23.5. The van der Waals surface area contributed by atoms with Gasteiger partial charge in [-0.05, 0) is 24.7 Å². The molecule has 0 unspecified atom stereocenters. The molecule has 2 heteroatoms. The third-order valence-corrected chi connectivity index (χ3v) is 5.60. The Balaban J connectivity index is 3.17. The highest BCUT2D eigenvalue weighted by Crippen LogP contribution is 2.14. The summed E-state index contributed by atoms with van der Waals surface area (Å²) in [6.45, 7) is 9.83. The predicted octanol–water partition coefficient (Wildman–Crippen LogP) is 8.86. The molecule has 0 aliphatic heterocycles. The minimum Gasteiger partial charge on any atom is -0.466 e. The van der Waals surface area contributed by atoms with Crippen LogP contribution in [0.3, 0.4) is 0 Å². The highest BCUT2D eigenvalue weighted by molar-refractivity contribution is 5.69. The highest BCUT2D eigenvalue weighted by Gasteiger charge is 2.03. The lowest BCUT2D eigenvalue weighted by molar-refractivity contribution is -0.143. The summed E-state index contributed by atoms with van der Waals surface area (Å²) >= 11 is 0. The van der Waals surface area contributed by atoms with Crippen molar-refractivity contribution in [1.82, 2.24) is 0 Å². The van der Waals surface area contributed by atoms with E-state index in [4.69, 9.17) is 4.74 Å². The molecule has 0 heterocycles. The SMILES string of the molecule is CC(C)CCCCCCCCCCCCC(=O)OCCCCCCCC(C)C. The van der Waals surface area contributed by atoms with Crippen LogP contribution in [0.25, 0.3) is 0 Å². The van der Waals surface area contributed by atoms with Crippen molar-refractivity contribution in [2.24, 2.45) is 11.8 Å². The van der Waals surface area contributed by atoms with Crippen LogP contribution < -0.4 is 0 Å². The molecule has 2 nitrogen and oxygen atoms in total. The summed E-state index contributed by atoms with van der Waals surface area (Å²) in [7, 11) is 0. The Labute approximate surface area is 177 Å². The molecule has 168 valence electrons. The van der Waals surface area contributed by atoms with E-state index in [2.05, 4.69) is 27.7 Å². The normalized spacial score (nSPS) is 11.5. The Kier molecular flexibility index (Phi) is 20.8. The van der Waals surface area contributed by atoms with Gasteiger partial charge < -0.3 is 4.74 Å². The Morgan fingerprint density at radius 2 is 0.893 bits per heavy atom. The quantitative estimate of drug-likeness (QED) is 0.143. The molecule has 0 saturated heterocycles. The lowest BCUT2D eigenvalue weighted by atomic mass is 10.0. The second-order valence-corrected chi connectivity index (χ2v) is 9.64. The molecule has 0 rings (SSSR count). The van der Waals surface area contributed by atoms with Gasteiger partial charge >= 0.3 is 5.97 Å². The van der Waals surface area contributed by atoms with Gasteiger partial charge in [0.2, 0.25) is 0 Å². The lowest BCUT2D eigenvalue weighted by Crippen LogP contribution is -2.05. The van der Waals surface area contributed by atoms with Crippen molar-refractivity contribution in [3.05, 3.63) is 0 Å². The topological polar surface area (TPSA) is 26.3 Å². The van der Waals surface area contributed by atoms with Crippen LogP contribution in [0.15, 0.2) is 0 Å². The van der Waals surface area contributed by atoms with Gasteiger partial charge in [0.15, 0.2) is 0 Å². The molecule has 28 heavy (non-hydrogen) atoms. The first-order valence-corrected chi connectivity index (χ1v) is 12.7. The van der Waals surface area contributed by atoms with Gasteiger partial charge in [0, 0.05) is 6.42 Å². The zero-order valence-corrected chi connectivity index (χ0v) is 19.9. The highest BCUT2D eigenvalue weighted by atomic mass is 16.5. The smallest absolute Gasteiger partial charge is 0.305 e. The number of carbonyl (C=O) groups is 1. The van der Waals surface area contributed by atoms with Crippen molar-refractivity contribution in [1.29, 1.82) is 0 Å². The predicted molar refractivity (Wildman–Crippen MR) is 124 cm³/mol. The Morgan fingerprint density at radius 3 is 1.32 bits per heavy atom. The molecule has 0 aliphatic rings. The Bertz CT molecular complexity index is 322. The minimum atomic E-state index is 0.0150. The summed E-state index contributed by atoms with van der Waals surface area (Å²) in [6, 6.07) is 0. The van der Waals surface area contributed by atoms with E-state index in [1.807, 2.05) is 0 Å². The van der Waals surface area contributed by atoms with E-state index >= 15 is 0 Å². The van der Waals surface area contributed by atoms with E-state index in [1.165, 1.54) is 96.3 Å². The van der Waals surface area contributed by atoms with Gasteiger partial charge in [-0.25, -0.2) is 0 Å². The molecular formula is C26H52O2. The molecule has 0 N–H and O–H groups in total. The first-order valence-electron chi connectivity index (χ1n) is 12.7. The Hall–Kier alpha value is -0.530. The van der Waals surface area contributed by atoms with Crippen LogP contribution >= 0.6 is 0 Å². The maximum absolute atomic E-state index is 11.7. The molecule has 0 radical (unpaired) electrons. The number of hydrogen-bond donors (Lipinski definition) is 0. The second-order valence-electron chi connectivity index (χ2n) is 9.64. The molecule has 0 bridgehead atoms. The van der Waals surface area contributed by atoms with Gasteiger partial charge in [0.1, 0.15) is 0 Å². The maximum atomic E-state index is 11.7. The molecular weight excluding hydrogens is 344 g/mol. The summed E-state index contributed by atoms with van der Waals surface area (Å²) < 4.78 is 5.35. The van der Waals surface area contributed by atoms with E-state index in [0.717, 1.165) is 24.7 Å². The largest absolute Gasteiger partial charge is 0.466 e. The minimum absolute atomic E-state index is 0.0150. The van der Waals surface area contributed by atoms with Crippen molar-refractivity contribution in [3.63, 3.8) is 0 Å². The van der Waals surface area contributed by atoms with Gasteiger partial charge in [-0.1, -0.05) is 124 Å². The molecule has 0 aromatic heterocycles. The van der Waals surface area contributed by atoms with Crippen molar-refractivity contribution in [3.8, 4) is 0 Å². The van der Waals surface area contributed by atoms with E-state index in [9.17, 15) is 4.79 Å². The molecule has 0 saturated carbocycles. The van der Waals surface area contributed by atoms with Crippen LogP contribution in [-0.2, 0) is 9.53 Å². The average molecular weight is 397 g/mol. The monoisotopic (exact) mass is 396 g/mol. The summed E-state index contributed by atoms with van der Waals surface area (Å²) in [6.07, 6.45) is 22.7. The zero-order valence-electron chi connectivity index (χ0n) is 19.9. The fourth-order valence-corrected chi connectivity index (χ4v) is 3.68. The molecule has 0 atom stereocenters. The van der Waals surface area contributed by atoms with Crippen molar-refractivity contribution < 1.29 is 9.53 Å². The van der Waals surface area contributed by atoms with E-state index in [0.29, 0.717) is 13.0 Å². The first kappa shape index (κ1) is 27.5. The van der Waals surface area contributed by atoms with E-state index in [-0.39, 0.29) is 5.97 Å². The molecule has 0 fully saturated rings. The number of unbranched alkanes of at least 4 members (excludes halogenated alkanes) is 13. The Morgan fingerprint density at radius 1 is 0.536 bits per heavy atom. The average Bonchev–Trinajstić information content (AvgIpc) is 2.64. The van der Waals surface area contributed by atoms with Crippen molar-refractivity contribution in [2.75, 3.05) is 6.61 Å². The van der Waals surface area contributed by atoms with Gasteiger partial charge in [0.25, 0.3) is 0 Å². The fraction of sp³-hybridized carbons (Fsp3) is 0.962. The van der Waals surface area contributed by atoms with Gasteiger partial charge in [-0.3, -0.25) is 4.79 Å². The number of ether oxygens (including phenoxy) is 1. The molecule has 0 aliphatic carbocycles. The summed E-state index contributed by atoms with van der Waals surface area (Å²) in [5, 5.41) is 0. The summed E-state index contributed by atoms with van der Waals surface area (Å²) in [5.74, 6) is 1.70. The molecule has 0 aromatic carbocycles. The zero-order chi connectivity index (χ0) is 20.9. The van der Waals surface area contributed by atoms with Crippen LogP contribution in [0.5, 0.6) is 0 Å². The van der Waals surface area contributed by atoms with Crippen LogP contribution in [-0.4, -0.2) is 12.6 Å². The van der Waals surface area contributed by atoms with Crippen LogP contribution in [0.4, 0.5) is 0 Å². The van der Waals surface area contributed by atoms with Gasteiger partial charge in [-0.2, -0.15) is 0 Å². The fourth-order valence-electron chi connectivity index (χ4n) is 3.68. The van der Waals surface area contributed by atoms with Crippen LogP contribution in [0.2, 0.25) is 0 Å². The van der Waals surface area contributed by atoms with E-state index < -0.39 is 0 Å². The lowest BCUT2D eigenvalue weighted by Gasteiger charge is -2.06. The molecule has 0 spiro atoms. The standard InChI is InChI=1S/C26H52O2/c1-24(2)20-16-12-9-7-5-6-8-10-14-18-22-26(27)28-23-19-15-11-13-17-21-25(3)4/h24-25H,5-23H2,1-4H3. The maximum Gasteiger partial charge on any atom is 0.305 e. The summed E-state index contributed by atoms with van der Waals surface area (Å²) in [4.78, 5) is 11.7. The molecule has 0 amide bonds. The third-order valence-electron chi connectivity index (χ3n) is 5.60. The van der Waals surface area contributed by atoms with Crippen molar-refractivity contribution in [2.45, 2.75) is 143 Å². The summed E-state index contributed by atoms with van der Waals surface area (Å²) in [5.41, 5.74) is 0. The second kappa shape index (κ2) is 21.2. The number of rotatable bonds is 21. The van der Waals surface area contributed by atoms with Crippen LogP contribution in [0, 0.1) is 11.8 Å².